The molecule has 5 nitrogen and oxygen atoms in total. The summed E-state index contributed by atoms with van der Waals surface area (Å²) in [6, 6.07) is 4.68. The van der Waals surface area contributed by atoms with Crippen molar-refractivity contribution in [1.29, 1.82) is 0 Å². The van der Waals surface area contributed by atoms with E-state index in [-0.39, 0.29) is 27.5 Å². The van der Waals surface area contributed by atoms with Crippen LogP contribution >= 0.6 is 23.4 Å². The van der Waals surface area contributed by atoms with Crippen molar-refractivity contribution in [2.45, 2.75) is 13.3 Å². The Kier molecular flexibility index (Phi) is 4.90. The maximum Gasteiger partial charge on any atom is 0.339 e. The molecule has 2 rings (SSSR count). The SMILES string of the molecule is CC(=O)SCC1CC(=O)N(c2cccc(Cl)c2C(=O)O)C1. The van der Waals surface area contributed by atoms with Crippen molar-refractivity contribution in [2.24, 2.45) is 5.92 Å². The smallest absolute Gasteiger partial charge is 0.339 e. The number of benzene rings is 1. The monoisotopic (exact) mass is 327 g/mol. The molecule has 1 amide bonds. The van der Waals surface area contributed by atoms with E-state index in [1.807, 2.05) is 0 Å². The van der Waals surface area contributed by atoms with Crippen LogP contribution in [0.5, 0.6) is 0 Å². The lowest BCUT2D eigenvalue weighted by Crippen LogP contribution is -2.27. The summed E-state index contributed by atoms with van der Waals surface area (Å²) in [5.41, 5.74) is 0.253. The van der Waals surface area contributed by atoms with Gasteiger partial charge in [-0.3, -0.25) is 9.59 Å². The number of carbonyl (C=O) groups is 3. The number of halogens is 1. The first-order valence-corrected chi connectivity index (χ1v) is 7.72. The number of carboxylic acid groups (broad SMARTS) is 1. The van der Waals surface area contributed by atoms with Gasteiger partial charge in [-0.15, -0.1) is 0 Å². The molecule has 0 spiro atoms. The molecule has 1 aliphatic rings. The fourth-order valence-corrected chi connectivity index (χ4v) is 3.25. The Bertz CT molecular complexity index is 605. The molecule has 21 heavy (non-hydrogen) atoms. The van der Waals surface area contributed by atoms with E-state index in [1.165, 1.54) is 29.7 Å². The zero-order valence-corrected chi connectivity index (χ0v) is 12.9. The number of rotatable bonds is 4. The van der Waals surface area contributed by atoms with Crippen LogP contribution in [0.3, 0.4) is 0 Å². The maximum atomic E-state index is 12.1. The summed E-state index contributed by atoms with van der Waals surface area (Å²) >= 11 is 7.10. The number of hydrogen-bond acceptors (Lipinski definition) is 4. The van der Waals surface area contributed by atoms with Crippen LogP contribution in [0.15, 0.2) is 18.2 Å². The standard InChI is InChI=1S/C14H14ClNO4S/c1-8(17)21-7-9-5-12(18)16(6-9)11-4-2-3-10(15)13(11)14(19)20/h2-4,9H,5-7H2,1H3,(H,19,20). The summed E-state index contributed by atoms with van der Waals surface area (Å²) in [5, 5.41) is 9.38. The lowest BCUT2D eigenvalue weighted by atomic mass is 10.1. The summed E-state index contributed by atoms with van der Waals surface area (Å²) in [7, 11) is 0. The predicted molar refractivity (Wildman–Crippen MR) is 82.0 cm³/mol. The van der Waals surface area contributed by atoms with E-state index in [1.54, 1.807) is 12.1 Å². The Morgan fingerprint density at radius 2 is 2.19 bits per heavy atom. The van der Waals surface area contributed by atoms with E-state index in [0.717, 1.165) is 0 Å². The van der Waals surface area contributed by atoms with E-state index in [9.17, 15) is 19.5 Å². The number of aromatic carboxylic acids is 1. The number of carbonyl (C=O) groups excluding carboxylic acids is 2. The Hall–Kier alpha value is -1.53. The van der Waals surface area contributed by atoms with Crippen LogP contribution in [0.25, 0.3) is 0 Å². The van der Waals surface area contributed by atoms with E-state index in [0.29, 0.717) is 24.4 Å². The Balaban J connectivity index is 2.23. The molecule has 1 heterocycles. The van der Waals surface area contributed by atoms with Gasteiger partial charge in [-0.2, -0.15) is 0 Å². The van der Waals surface area contributed by atoms with Crippen molar-refractivity contribution < 1.29 is 19.5 Å². The first-order chi connectivity index (χ1) is 9.90. The van der Waals surface area contributed by atoms with Gasteiger partial charge in [0.2, 0.25) is 5.91 Å². The van der Waals surface area contributed by atoms with Crippen LogP contribution in [0, 0.1) is 5.92 Å². The summed E-state index contributed by atoms with van der Waals surface area (Å²) in [4.78, 5) is 35.9. The van der Waals surface area contributed by atoms with Crippen molar-refractivity contribution in [1.82, 2.24) is 0 Å². The molecular weight excluding hydrogens is 314 g/mol. The third-order valence-electron chi connectivity index (χ3n) is 3.22. The van der Waals surface area contributed by atoms with Gasteiger partial charge in [0.1, 0.15) is 5.56 Å². The lowest BCUT2D eigenvalue weighted by molar-refractivity contribution is -0.117. The molecule has 112 valence electrons. The van der Waals surface area contributed by atoms with Gasteiger partial charge in [-0.25, -0.2) is 4.79 Å². The van der Waals surface area contributed by atoms with Crippen molar-refractivity contribution in [2.75, 3.05) is 17.2 Å². The second-order valence-electron chi connectivity index (χ2n) is 4.82. The third kappa shape index (κ3) is 3.57. The molecule has 1 unspecified atom stereocenters. The third-order valence-corrected chi connectivity index (χ3v) is 4.58. The number of carboxylic acids is 1. The normalized spacial score (nSPS) is 18.1. The number of amides is 1. The largest absolute Gasteiger partial charge is 0.478 e. The molecule has 1 saturated heterocycles. The highest BCUT2D eigenvalue weighted by atomic mass is 35.5. The molecule has 1 fully saturated rings. The van der Waals surface area contributed by atoms with Crippen LogP contribution in [0.2, 0.25) is 5.02 Å². The zero-order chi connectivity index (χ0) is 15.6. The van der Waals surface area contributed by atoms with Crippen LogP contribution in [-0.2, 0) is 9.59 Å². The second kappa shape index (κ2) is 6.49. The molecule has 1 aromatic rings. The topological polar surface area (TPSA) is 74.7 Å². The van der Waals surface area contributed by atoms with Gasteiger partial charge in [0.15, 0.2) is 5.12 Å². The summed E-state index contributed by atoms with van der Waals surface area (Å²) in [6.07, 6.45) is 0.311. The Morgan fingerprint density at radius 1 is 1.48 bits per heavy atom. The van der Waals surface area contributed by atoms with E-state index >= 15 is 0 Å². The molecule has 0 saturated carbocycles. The zero-order valence-electron chi connectivity index (χ0n) is 11.3. The van der Waals surface area contributed by atoms with E-state index < -0.39 is 5.97 Å². The fourth-order valence-electron chi connectivity index (χ4n) is 2.31. The molecule has 0 aliphatic carbocycles. The molecule has 1 aliphatic heterocycles. The molecule has 1 atom stereocenters. The molecule has 0 radical (unpaired) electrons. The van der Waals surface area contributed by atoms with Gasteiger partial charge in [0.05, 0.1) is 10.7 Å². The van der Waals surface area contributed by atoms with Crippen LogP contribution in [0.1, 0.15) is 23.7 Å². The highest BCUT2D eigenvalue weighted by Gasteiger charge is 2.33. The number of anilines is 1. The lowest BCUT2D eigenvalue weighted by Gasteiger charge is -2.19. The van der Waals surface area contributed by atoms with Gasteiger partial charge in [0, 0.05) is 25.6 Å². The Morgan fingerprint density at radius 3 is 2.81 bits per heavy atom. The highest BCUT2D eigenvalue weighted by molar-refractivity contribution is 8.13. The van der Waals surface area contributed by atoms with Gasteiger partial charge in [0.25, 0.3) is 0 Å². The quantitative estimate of drug-likeness (QED) is 0.920. The first kappa shape index (κ1) is 15.9. The van der Waals surface area contributed by atoms with Crippen LogP contribution in [-0.4, -0.2) is 34.4 Å². The summed E-state index contributed by atoms with van der Waals surface area (Å²) in [5.74, 6) is -0.716. The molecule has 0 bridgehead atoms. The molecule has 1 aromatic carbocycles. The van der Waals surface area contributed by atoms with Crippen LogP contribution in [0.4, 0.5) is 5.69 Å². The van der Waals surface area contributed by atoms with Crippen molar-refractivity contribution in [3.8, 4) is 0 Å². The molecule has 7 heteroatoms. The molecular formula is C14H14ClNO4S. The van der Waals surface area contributed by atoms with Gasteiger partial charge in [-0.05, 0) is 18.1 Å². The minimum absolute atomic E-state index is 0.00915. The van der Waals surface area contributed by atoms with Crippen molar-refractivity contribution >= 4 is 46.0 Å². The maximum absolute atomic E-state index is 12.1. The predicted octanol–water partition coefficient (Wildman–Crippen LogP) is 2.67. The van der Waals surface area contributed by atoms with Crippen molar-refractivity contribution in [3.63, 3.8) is 0 Å². The first-order valence-electron chi connectivity index (χ1n) is 6.35. The van der Waals surface area contributed by atoms with Gasteiger partial charge >= 0.3 is 5.97 Å². The minimum atomic E-state index is -1.16. The summed E-state index contributed by atoms with van der Waals surface area (Å²) in [6.45, 7) is 1.89. The fraction of sp³-hybridized carbons (Fsp3) is 0.357. The molecule has 0 aromatic heterocycles. The van der Waals surface area contributed by atoms with E-state index in [2.05, 4.69) is 0 Å². The number of thioether (sulfide) groups is 1. The second-order valence-corrected chi connectivity index (χ2v) is 6.42. The molecule has 1 N–H and O–H groups in total. The Labute approximate surface area is 131 Å². The van der Waals surface area contributed by atoms with Crippen LogP contribution < -0.4 is 4.90 Å². The highest BCUT2D eigenvalue weighted by Crippen LogP contribution is 2.33. The summed E-state index contributed by atoms with van der Waals surface area (Å²) < 4.78 is 0. The number of nitrogens with zero attached hydrogens (tertiary/aromatic N) is 1. The number of hydrogen-bond donors (Lipinski definition) is 1. The van der Waals surface area contributed by atoms with E-state index in [4.69, 9.17) is 11.6 Å². The van der Waals surface area contributed by atoms with Gasteiger partial charge < -0.3 is 10.0 Å². The minimum Gasteiger partial charge on any atom is -0.478 e. The van der Waals surface area contributed by atoms with Gasteiger partial charge in [-0.1, -0.05) is 29.4 Å². The average molecular weight is 328 g/mol. The van der Waals surface area contributed by atoms with Crippen molar-refractivity contribution in [3.05, 3.63) is 28.8 Å². The average Bonchev–Trinajstić information content (AvgIpc) is 2.76.